The Bertz CT molecular complexity index is 944. The van der Waals surface area contributed by atoms with Gasteiger partial charge in [0.1, 0.15) is 17.7 Å². The van der Waals surface area contributed by atoms with Crippen molar-refractivity contribution in [3.63, 3.8) is 0 Å². The Morgan fingerprint density at radius 2 is 2.17 bits per heavy atom. The van der Waals surface area contributed by atoms with Gasteiger partial charge in [-0.3, -0.25) is 10.1 Å². The van der Waals surface area contributed by atoms with E-state index in [1.807, 2.05) is 30.9 Å². The average Bonchev–Trinajstić information content (AvgIpc) is 3.53. The Morgan fingerprint density at radius 1 is 1.38 bits per heavy atom. The number of amides is 1. The number of halogens is 1. The molecule has 1 aromatic heterocycles. The molecule has 2 aromatic rings. The maximum Gasteiger partial charge on any atom is 0.237 e. The number of carbonyl (C=O) groups excluding carboxylic acids is 1. The van der Waals surface area contributed by atoms with Crippen molar-refractivity contribution < 1.29 is 9.18 Å². The quantitative estimate of drug-likeness (QED) is 0.720. The summed E-state index contributed by atoms with van der Waals surface area (Å²) in [6, 6.07) is 12.0. The second-order valence-electron chi connectivity index (χ2n) is 7.06. The molecule has 2 N–H and O–H groups in total. The lowest BCUT2D eigenvalue weighted by atomic mass is 10.0. The maximum atomic E-state index is 13.5. The van der Waals surface area contributed by atoms with Crippen molar-refractivity contribution in [3.05, 3.63) is 71.4 Å². The van der Waals surface area contributed by atoms with Crippen molar-refractivity contribution in [2.45, 2.75) is 32.2 Å². The molecule has 0 aliphatic heterocycles. The second kappa shape index (κ2) is 8.84. The third kappa shape index (κ3) is 4.98. The van der Waals surface area contributed by atoms with Crippen molar-refractivity contribution >= 4 is 11.7 Å². The summed E-state index contributed by atoms with van der Waals surface area (Å²) in [5.41, 5.74) is 1.89. The molecule has 1 saturated carbocycles. The van der Waals surface area contributed by atoms with Gasteiger partial charge < -0.3 is 10.2 Å². The number of allylic oxidation sites excluding steroid dienone is 1. The van der Waals surface area contributed by atoms with E-state index >= 15 is 0 Å². The number of anilines is 1. The Labute approximate surface area is 170 Å². The molecule has 1 amide bonds. The van der Waals surface area contributed by atoms with E-state index in [0.29, 0.717) is 17.9 Å². The van der Waals surface area contributed by atoms with Crippen LogP contribution >= 0.6 is 0 Å². The van der Waals surface area contributed by atoms with Crippen LogP contribution in [0, 0.1) is 17.1 Å². The normalized spacial score (nSPS) is 14.8. The fraction of sp³-hybridized carbons (Fsp3) is 0.318. The van der Waals surface area contributed by atoms with Gasteiger partial charge in [0, 0.05) is 30.2 Å². The summed E-state index contributed by atoms with van der Waals surface area (Å²) in [6.07, 6.45) is 4.93. The number of hydrogen-bond acceptors (Lipinski definition) is 5. The van der Waals surface area contributed by atoms with Gasteiger partial charge in [-0.2, -0.15) is 5.26 Å². The molecule has 29 heavy (non-hydrogen) atoms. The fourth-order valence-electron chi connectivity index (χ4n) is 3.25. The number of carbonyl (C=O) groups is 1. The van der Waals surface area contributed by atoms with E-state index in [1.54, 1.807) is 24.4 Å². The molecular formula is C22H24FN5O. The number of nitrogens with one attached hydrogen (secondary N) is 2. The molecule has 1 aliphatic rings. The number of pyridine rings is 1. The number of benzene rings is 1. The molecule has 3 rings (SSSR count). The van der Waals surface area contributed by atoms with Gasteiger partial charge in [-0.15, -0.1) is 0 Å². The first-order valence-corrected chi connectivity index (χ1v) is 9.58. The van der Waals surface area contributed by atoms with Gasteiger partial charge in [-0.25, -0.2) is 9.37 Å². The molecule has 0 saturated heterocycles. The topological polar surface area (TPSA) is 81.0 Å². The van der Waals surface area contributed by atoms with E-state index in [2.05, 4.69) is 15.6 Å². The summed E-state index contributed by atoms with van der Waals surface area (Å²) in [5.74, 6) is 0.265. The zero-order chi connectivity index (χ0) is 20.9. The van der Waals surface area contributed by atoms with Crippen molar-refractivity contribution in [2.75, 3.05) is 18.0 Å². The summed E-state index contributed by atoms with van der Waals surface area (Å²) >= 11 is 0. The minimum atomic E-state index is -0.305. The molecule has 0 bridgehead atoms. The zero-order valence-electron chi connectivity index (χ0n) is 16.6. The van der Waals surface area contributed by atoms with Crippen LogP contribution in [0.2, 0.25) is 0 Å². The van der Waals surface area contributed by atoms with Crippen molar-refractivity contribution in [1.82, 2.24) is 15.6 Å². The lowest BCUT2D eigenvalue weighted by Gasteiger charge is -2.23. The van der Waals surface area contributed by atoms with Gasteiger partial charge in [0.25, 0.3) is 0 Å². The van der Waals surface area contributed by atoms with E-state index in [-0.39, 0.29) is 23.8 Å². The molecule has 1 aromatic carbocycles. The molecule has 6 nitrogen and oxygen atoms in total. The summed E-state index contributed by atoms with van der Waals surface area (Å²) in [5, 5.41) is 14.9. The predicted octanol–water partition coefficient (Wildman–Crippen LogP) is 3.18. The maximum absolute atomic E-state index is 13.5. The highest BCUT2D eigenvalue weighted by Crippen LogP contribution is 2.45. The van der Waals surface area contributed by atoms with Crippen LogP contribution in [0.25, 0.3) is 0 Å². The van der Waals surface area contributed by atoms with E-state index < -0.39 is 0 Å². The molecule has 1 aliphatic carbocycles. The predicted molar refractivity (Wildman–Crippen MR) is 109 cm³/mol. The minimum Gasteiger partial charge on any atom is -0.330 e. The van der Waals surface area contributed by atoms with Crippen LogP contribution in [-0.2, 0) is 10.3 Å². The van der Waals surface area contributed by atoms with Crippen LogP contribution in [0.4, 0.5) is 10.2 Å². The second-order valence-corrected chi connectivity index (χ2v) is 7.06. The van der Waals surface area contributed by atoms with Crippen LogP contribution in [0.3, 0.4) is 0 Å². The number of rotatable bonds is 8. The van der Waals surface area contributed by atoms with E-state index in [1.165, 1.54) is 18.3 Å². The summed E-state index contributed by atoms with van der Waals surface area (Å²) < 4.78 is 13.5. The number of hydrogen-bond donors (Lipinski definition) is 2. The molecule has 1 fully saturated rings. The molecule has 0 atom stereocenters. The lowest BCUT2D eigenvalue weighted by molar-refractivity contribution is -0.119. The molecule has 0 unspecified atom stereocenters. The number of nitrogens with zero attached hydrogens (tertiary/aromatic N) is 3. The van der Waals surface area contributed by atoms with E-state index in [0.717, 1.165) is 24.1 Å². The lowest BCUT2D eigenvalue weighted by Crippen LogP contribution is -2.38. The van der Waals surface area contributed by atoms with Crippen LogP contribution in [0.5, 0.6) is 0 Å². The van der Waals surface area contributed by atoms with E-state index in [9.17, 15) is 9.18 Å². The highest BCUT2D eigenvalue weighted by molar-refractivity contribution is 5.79. The smallest absolute Gasteiger partial charge is 0.237 e. The Balaban J connectivity index is 1.57. The van der Waals surface area contributed by atoms with Crippen LogP contribution in [-0.4, -0.2) is 24.0 Å². The first-order chi connectivity index (χ1) is 14.0. The SMILES string of the molecule is CCN(/C(C)=C/NC(=O)CNC1(c2cccc(F)c2)CC1)c1ccc(C#N)cn1. The summed E-state index contributed by atoms with van der Waals surface area (Å²) in [4.78, 5) is 18.5. The van der Waals surface area contributed by atoms with Gasteiger partial charge >= 0.3 is 0 Å². The Kier molecular flexibility index (Phi) is 6.25. The van der Waals surface area contributed by atoms with Gasteiger partial charge in [0.15, 0.2) is 0 Å². The standard InChI is InChI=1S/C22H24FN5O/c1-3-28(20-8-7-17(12-24)14-25-20)16(2)13-26-21(29)15-27-22(9-10-22)18-5-4-6-19(23)11-18/h4-8,11,13-14,27H,3,9-10,15H2,1-2H3,(H,26,29)/b16-13+. The first-order valence-electron chi connectivity index (χ1n) is 9.58. The van der Waals surface area contributed by atoms with Gasteiger partial charge in [0.05, 0.1) is 12.1 Å². The van der Waals surface area contributed by atoms with Crippen LogP contribution in [0.15, 0.2) is 54.5 Å². The third-order valence-electron chi connectivity index (χ3n) is 5.05. The molecule has 0 spiro atoms. The minimum absolute atomic E-state index is 0.140. The monoisotopic (exact) mass is 393 g/mol. The van der Waals surface area contributed by atoms with Crippen LogP contribution in [0.1, 0.15) is 37.8 Å². The van der Waals surface area contributed by atoms with Gasteiger partial charge in [-0.05, 0) is 56.5 Å². The zero-order valence-corrected chi connectivity index (χ0v) is 16.6. The molecule has 0 radical (unpaired) electrons. The summed E-state index contributed by atoms with van der Waals surface area (Å²) in [7, 11) is 0. The Hall–Kier alpha value is -3.24. The fourth-order valence-corrected chi connectivity index (χ4v) is 3.25. The number of nitriles is 1. The number of aromatic nitrogens is 1. The van der Waals surface area contributed by atoms with Gasteiger partial charge in [0.2, 0.25) is 5.91 Å². The van der Waals surface area contributed by atoms with Gasteiger partial charge in [-0.1, -0.05) is 12.1 Å². The Morgan fingerprint density at radius 3 is 2.76 bits per heavy atom. The molecule has 7 heteroatoms. The van der Waals surface area contributed by atoms with E-state index in [4.69, 9.17) is 5.26 Å². The molecule has 1 heterocycles. The highest BCUT2D eigenvalue weighted by Gasteiger charge is 2.44. The van der Waals surface area contributed by atoms with Crippen LogP contribution < -0.4 is 15.5 Å². The largest absolute Gasteiger partial charge is 0.330 e. The average molecular weight is 393 g/mol. The van der Waals surface area contributed by atoms with Crippen molar-refractivity contribution in [2.24, 2.45) is 0 Å². The van der Waals surface area contributed by atoms with Crippen molar-refractivity contribution in [3.8, 4) is 6.07 Å². The molecular weight excluding hydrogens is 369 g/mol. The first kappa shape index (κ1) is 20.5. The highest BCUT2D eigenvalue weighted by atomic mass is 19.1. The van der Waals surface area contributed by atoms with Crippen molar-refractivity contribution in [1.29, 1.82) is 5.26 Å². The summed E-state index contributed by atoms with van der Waals surface area (Å²) in [6.45, 7) is 4.67. The third-order valence-corrected chi connectivity index (χ3v) is 5.05. The molecule has 150 valence electrons.